The molecular formula is C20H32O5. The van der Waals surface area contributed by atoms with Crippen LogP contribution in [0.5, 0.6) is 0 Å². The fourth-order valence-electron chi connectivity index (χ4n) is 5.37. The predicted octanol–water partition coefficient (Wildman–Crippen LogP) is 4.62. The number of carbonyl (C=O) groups excluding carboxylic acids is 2. The van der Waals surface area contributed by atoms with Crippen LogP contribution in [0.15, 0.2) is 0 Å². The molecule has 0 aromatic rings. The average molecular weight is 352 g/mol. The van der Waals surface area contributed by atoms with Crippen molar-refractivity contribution >= 4 is 12.1 Å². The maximum atomic E-state index is 13.0. The van der Waals surface area contributed by atoms with E-state index in [-0.39, 0.29) is 5.97 Å². The molecule has 4 aliphatic rings. The number of rotatable bonds is 2. The third-order valence-electron chi connectivity index (χ3n) is 5.53. The molecule has 0 aromatic heterocycles. The zero-order chi connectivity index (χ0) is 18.7. The third-order valence-corrected chi connectivity index (χ3v) is 5.53. The highest BCUT2D eigenvalue weighted by Crippen LogP contribution is 2.63. The zero-order valence-corrected chi connectivity index (χ0v) is 16.4. The second-order valence-electron chi connectivity index (χ2n) is 10.5. The van der Waals surface area contributed by atoms with Crippen LogP contribution in [0.3, 0.4) is 0 Å². The quantitative estimate of drug-likeness (QED) is 0.679. The zero-order valence-electron chi connectivity index (χ0n) is 16.4. The molecule has 142 valence electrons. The lowest BCUT2D eigenvalue weighted by atomic mass is 9.48. The number of hydrogen-bond donors (Lipinski definition) is 0. The molecule has 5 heteroatoms. The first kappa shape index (κ1) is 18.5. The summed E-state index contributed by atoms with van der Waals surface area (Å²) in [4.78, 5) is 25.3. The molecule has 5 nitrogen and oxygen atoms in total. The summed E-state index contributed by atoms with van der Waals surface area (Å²) in [6.45, 7) is 11.2. The van der Waals surface area contributed by atoms with E-state index in [4.69, 9.17) is 14.2 Å². The van der Waals surface area contributed by atoms with Crippen molar-refractivity contribution in [2.45, 2.75) is 96.9 Å². The summed E-state index contributed by atoms with van der Waals surface area (Å²) in [6, 6.07) is 0. The third kappa shape index (κ3) is 3.95. The van der Waals surface area contributed by atoms with Crippen LogP contribution in [0.1, 0.15) is 80.1 Å². The summed E-state index contributed by atoms with van der Waals surface area (Å²) in [5.74, 6) is 0.735. The monoisotopic (exact) mass is 352 g/mol. The van der Waals surface area contributed by atoms with Gasteiger partial charge < -0.3 is 14.2 Å². The molecule has 0 aromatic carbocycles. The topological polar surface area (TPSA) is 61.8 Å². The van der Waals surface area contributed by atoms with Crippen LogP contribution >= 0.6 is 0 Å². The molecule has 0 amide bonds. The lowest BCUT2D eigenvalue weighted by molar-refractivity contribution is -0.209. The molecule has 0 saturated heterocycles. The van der Waals surface area contributed by atoms with Crippen molar-refractivity contribution in [3.05, 3.63) is 0 Å². The van der Waals surface area contributed by atoms with Crippen molar-refractivity contribution < 1.29 is 23.8 Å². The van der Waals surface area contributed by atoms with Crippen LogP contribution in [0.4, 0.5) is 4.79 Å². The van der Waals surface area contributed by atoms with E-state index >= 15 is 0 Å². The standard InChI is InChI=1S/C20H32O5/c1-17(2,3)23-15(21)19-8-13-7-14(9-19)11-20(10-13,12-19)25-16(22)24-18(4,5)6/h13-14H,7-12H2,1-6H3. The lowest BCUT2D eigenvalue weighted by Crippen LogP contribution is -2.60. The highest BCUT2D eigenvalue weighted by molar-refractivity contribution is 5.78. The first-order valence-corrected chi connectivity index (χ1v) is 9.45. The molecule has 25 heavy (non-hydrogen) atoms. The van der Waals surface area contributed by atoms with Crippen LogP contribution in [-0.4, -0.2) is 28.9 Å². The first-order valence-electron chi connectivity index (χ1n) is 9.45. The minimum Gasteiger partial charge on any atom is -0.460 e. The SMILES string of the molecule is CC(C)(C)OC(=O)OC12CC3CC(C1)CC(C(=O)OC(C)(C)C)(C3)C2. The summed E-state index contributed by atoms with van der Waals surface area (Å²) in [5, 5.41) is 0. The fourth-order valence-corrected chi connectivity index (χ4v) is 5.37. The first-order chi connectivity index (χ1) is 11.3. The number of ether oxygens (including phenoxy) is 3. The van der Waals surface area contributed by atoms with Crippen molar-refractivity contribution in [3.8, 4) is 0 Å². The molecule has 4 saturated carbocycles. The normalized spacial score (nSPS) is 36.9. The van der Waals surface area contributed by atoms with Gasteiger partial charge in [0, 0.05) is 6.42 Å². The Balaban J connectivity index is 1.79. The molecule has 4 bridgehead atoms. The van der Waals surface area contributed by atoms with E-state index in [0.717, 1.165) is 32.1 Å². The van der Waals surface area contributed by atoms with Crippen LogP contribution in [0, 0.1) is 17.3 Å². The van der Waals surface area contributed by atoms with Gasteiger partial charge in [-0.3, -0.25) is 4.79 Å². The Morgan fingerprint density at radius 2 is 1.36 bits per heavy atom. The minimum atomic E-state index is -0.617. The Labute approximate surface area is 150 Å². The van der Waals surface area contributed by atoms with Gasteiger partial charge in [0.05, 0.1) is 5.41 Å². The van der Waals surface area contributed by atoms with Crippen molar-refractivity contribution in [3.63, 3.8) is 0 Å². The molecule has 0 radical (unpaired) electrons. The van der Waals surface area contributed by atoms with Gasteiger partial charge in [0.1, 0.15) is 16.8 Å². The van der Waals surface area contributed by atoms with E-state index < -0.39 is 28.4 Å². The molecule has 0 heterocycles. The Hall–Kier alpha value is -1.26. The molecule has 4 rings (SSSR count). The van der Waals surface area contributed by atoms with Crippen LogP contribution in [-0.2, 0) is 19.0 Å². The van der Waals surface area contributed by atoms with Gasteiger partial charge in [0.15, 0.2) is 0 Å². The molecule has 0 aliphatic heterocycles. The second kappa shape index (κ2) is 5.62. The minimum absolute atomic E-state index is 0.119. The predicted molar refractivity (Wildman–Crippen MR) is 93.0 cm³/mol. The number of carbonyl (C=O) groups is 2. The Kier molecular flexibility index (Phi) is 4.16. The van der Waals surface area contributed by atoms with Crippen molar-refractivity contribution in [1.29, 1.82) is 0 Å². The largest absolute Gasteiger partial charge is 0.509 e. The van der Waals surface area contributed by atoms with E-state index in [1.165, 1.54) is 0 Å². The van der Waals surface area contributed by atoms with Gasteiger partial charge in [-0.05, 0) is 85.5 Å². The van der Waals surface area contributed by atoms with Gasteiger partial charge in [0.2, 0.25) is 0 Å². The number of hydrogen-bond acceptors (Lipinski definition) is 5. The Bertz CT molecular complexity index is 552. The number of esters is 1. The maximum Gasteiger partial charge on any atom is 0.509 e. The Morgan fingerprint density at radius 1 is 0.840 bits per heavy atom. The van der Waals surface area contributed by atoms with Crippen molar-refractivity contribution in [2.24, 2.45) is 17.3 Å². The van der Waals surface area contributed by atoms with Crippen LogP contribution in [0.2, 0.25) is 0 Å². The van der Waals surface area contributed by atoms with Gasteiger partial charge in [0.25, 0.3) is 0 Å². The summed E-state index contributed by atoms with van der Waals surface area (Å²) >= 11 is 0. The van der Waals surface area contributed by atoms with E-state index in [1.807, 2.05) is 41.5 Å². The van der Waals surface area contributed by atoms with E-state index in [9.17, 15) is 9.59 Å². The summed E-state index contributed by atoms with van der Waals surface area (Å²) in [6.07, 6.45) is 4.48. The molecule has 4 fully saturated rings. The van der Waals surface area contributed by atoms with Gasteiger partial charge in [-0.15, -0.1) is 0 Å². The van der Waals surface area contributed by atoms with E-state index in [2.05, 4.69) is 0 Å². The van der Waals surface area contributed by atoms with Crippen molar-refractivity contribution in [2.75, 3.05) is 0 Å². The van der Waals surface area contributed by atoms with Crippen LogP contribution in [0.25, 0.3) is 0 Å². The summed E-state index contributed by atoms with van der Waals surface area (Å²) < 4.78 is 17.0. The highest BCUT2D eigenvalue weighted by Gasteiger charge is 2.63. The molecular weight excluding hydrogens is 320 g/mol. The second-order valence-corrected chi connectivity index (χ2v) is 10.5. The van der Waals surface area contributed by atoms with E-state index in [1.54, 1.807) is 0 Å². The fraction of sp³-hybridized carbons (Fsp3) is 0.900. The maximum absolute atomic E-state index is 13.0. The summed E-state index contributed by atoms with van der Waals surface area (Å²) in [7, 11) is 0. The lowest BCUT2D eigenvalue weighted by Gasteiger charge is -2.59. The highest BCUT2D eigenvalue weighted by atomic mass is 16.7. The van der Waals surface area contributed by atoms with Crippen molar-refractivity contribution in [1.82, 2.24) is 0 Å². The van der Waals surface area contributed by atoms with Gasteiger partial charge in [-0.2, -0.15) is 0 Å². The smallest absolute Gasteiger partial charge is 0.460 e. The van der Waals surface area contributed by atoms with E-state index in [0.29, 0.717) is 18.3 Å². The molecule has 4 aliphatic carbocycles. The molecule has 2 atom stereocenters. The molecule has 0 spiro atoms. The average Bonchev–Trinajstić information content (AvgIpc) is 2.30. The van der Waals surface area contributed by atoms with Gasteiger partial charge >= 0.3 is 12.1 Å². The summed E-state index contributed by atoms with van der Waals surface area (Å²) in [5.41, 5.74) is -2.15. The van der Waals surface area contributed by atoms with Crippen LogP contribution < -0.4 is 0 Å². The van der Waals surface area contributed by atoms with Gasteiger partial charge in [-0.25, -0.2) is 4.79 Å². The Morgan fingerprint density at radius 3 is 1.84 bits per heavy atom. The molecule has 0 N–H and O–H groups in total. The molecule has 2 unspecified atom stereocenters. The van der Waals surface area contributed by atoms with Gasteiger partial charge in [-0.1, -0.05) is 0 Å².